The number of rotatable bonds is 4. The van der Waals surface area contributed by atoms with Crippen LogP contribution in [0.5, 0.6) is 0 Å². The van der Waals surface area contributed by atoms with Crippen molar-refractivity contribution in [2.24, 2.45) is 0 Å². The minimum Gasteiger partial charge on any atom is -0.378 e. The summed E-state index contributed by atoms with van der Waals surface area (Å²) in [5, 5.41) is 10.5. The Morgan fingerprint density at radius 1 is 0.938 bits per heavy atom. The summed E-state index contributed by atoms with van der Waals surface area (Å²) in [6.45, 7) is 4.15. The molecule has 1 saturated carbocycles. The van der Waals surface area contributed by atoms with Crippen LogP contribution in [0.25, 0.3) is 6.08 Å². The van der Waals surface area contributed by atoms with Gasteiger partial charge in [-0.15, -0.1) is 0 Å². The van der Waals surface area contributed by atoms with Gasteiger partial charge in [-0.25, -0.2) is 0 Å². The normalized spacial score (nSPS) is 18.8. The average Bonchev–Trinajstić information content (AvgIpc) is 2.84. The third-order valence-electron chi connectivity index (χ3n) is 6.39. The molecule has 1 saturated heterocycles. The second kappa shape index (κ2) is 10.6. The molecule has 1 amide bonds. The number of nitrogens with zero attached hydrogens (tertiary/aromatic N) is 2. The third kappa shape index (κ3) is 6.09. The lowest BCUT2D eigenvalue weighted by molar-refractivity contribution is 0.0609. The van der Waals surface area contributed by atoms with E-state index in [4.69, 9.17) is 0 Å². The van der Waals surface area contributed by atoms with Gasteiger partial charge in [0.2, 0.25) is 0 Å². The molecule has 2 aromatic carbocycles. The number of carbonyl (C=O) groups is 1. The van der Waals surface area contributed by atoms with E-state index < -0.39 is 5.60 Å². The van der Waals surface area contributed by atoms with Gasteiger partial charge in [-0.3, -0.25) is 9.69 Å². The topological polar surface area (TPSA) is 43.8 Å². The Morgan fingerprint density at radius 3 is 2.31 bits per heavy atom. The second-order valence-corrected chi connectivity index (χ2v) is 8.83. The number of benzene rings is 2. The third-order valence-corrected chi connectivity index (χ3v) is 6.39. The van der Waals surface area contributed by atoms with Gasteiger partial charge in [-0.2, -0.15) is 0 Å². The van der Waals surface area contributed by atoms with Crippen molar-refractivity contribution in [2.75, 3.05) is 32.7 Å². The van der Waals surface area contributed by atoms with Crippen LogP contribution in [0.15, 0.2) is 60.7 Å². The summed E-state index contributed by atoms with van der Waals surface area (Å²) in [4.78, 5) is 17.2. The summed E-state index contributed by atoms with van der Waals surface area (Å²) in [5.41, 5.74) is 1.91. The van der Waals surface area contributed by atoms with Gasteiger partial charge in [0.05, 0.1) is 0 Å². The number of hydrogen-bond acceptors (Lipinski definition) is 3. The van der Waals surface area contributed by atoms with Gasteiger partial charge in [-0.1, -0.05) is 60.7 Å². The summed E-state index contributed by atoms with van der Waals surface area (Å²) in [5.74, 6) is 6.24. The molecule has 1 aliphatic carbocycles. The van der Waals surface area contributed by atoms with Gasteiger partial charge in [0, 0.05) is 43.9 Å². The Balaban J connectivity index is 1.26. The van der Waals surface area contributed by atoms with Gasteiger partial charge in [0.15, 0.2) is 0 Å². The lowest BCUT2D eigenvalue weighted by Crippen LogP contribution is -2.48. The molecule has 1 N–H and O–H groups in total. The molecule has 1 aliphatic heterocycles. The second-order valence-electron chi connectivity index (χ2n) is 8.83. The first-order chi connectivity index (χ1) is 15.6. The quantitative estimate of drug-likeness (QED) is 0.742. The highest BCUT2D eigenvalue weighted by Crippen LogP contribution is 2.27. The lowest BCUT2D eigenvalue weighted by atomic mass is 9.85. The summed E-state index contributed by atoms with van der Waals surface area (Å²) < 4.78 is 0. The van der Waals surface area contributed by atoms with Crippen LogP contribution in [-0.2, 0) is 0 Å². The number of carbonyl (C=O) groups excluding carboxylic acids is 1. The Hall–Kier alpha value is -2.87. The fourth-order valence-corrected chi connectivity index (χ4v) is 4.36. The van der Waals surface area contributed by atoms with E-state index >= 15 is 0 Å². The van der Waals surface area contributed by atoms with Gasteiger partial charge in [0.1, 0.15) is 5.60 Å². The molecule has 0 aromatic heterocycles. The zero-order chi connectivity index (χ0) is 22.2. The molecular weight excluding hydrogens is 396 g/mol. The molecule has 2 fully saturated rings. The molecule has 0 bridgehead atoms. The molecule has 166 valence electrons. The molecule has 2 aromatic rings. The fraction of sp³-hybridized carbons (Fsp3) is 0.393. The average molecular weight is 429 g/mol. The van der Waals surface area contributed by atoms with E-state index in [1.807, 2.05) is 47.4 Å². The van der Waals surface area contributed by atoms with Crippen molar-refractivity contribution >= 4 is 12.0 Å². The number of aliphatic hydroxyl groups is 1. The highest BCUT2D eigenvalue weighted by atomic mass is 16.3. The van der Waals surface area contributed by atoms with Crippen LogP contribution in [0.1, 0.15) is 53.6 Å². The van der Waals surface area contributed by atoms with Gasteiger partial charge in [0.25, 0.3) is 5.91 Å². The Bertz CT molecular complexity index is 972. The highest BCUT2D eigenvalue weighted by Gasteiger charge is 2.26. The molecule has 0 spiro atoms. The SMILES string of the molecule is O=C(c1ccc(C#CC2(O)CCCCC2)cc1)N1CCN(CC=Cc2ccccc2)CC1. The Labute approximate surface area is 191 Å². The van der Waals surface area contributed by atoms with E-state index in [2.05, 4.69) is 41.0 Å². The summed E-state index contributed by atoms with van der Waals surface area (Å²) >= 11 is 0. The molecule has 2 aliphatic rings. The number of hydrogen-bond donors (Lipinski definition) is 1. The first kappa shape index (κ1) is 22.3. The van der Waals surface area contributed by atoms with Crippen molar-refractivity contribution < 1.29 is 9.90 Å². The van der Waals surface area contributed by atoms with Crippen LogP contribution in [0.4, 0.5) is 0 Å². The van der Waals surface area contributed by atoms with Crippen LogP contribution in [0.2, 0.25) is 0 Å². The van der Waals surface area contributed by atoms with Crippen molar-refractivity contribution in [3.8, 4) is 11.8 Å². The molecule has 1 heterocycles. The predicted molar refractivity (Wildman–Crippen MR) is 129 cm³/mol. The van der Waals surface area contributed by atoms with E-state index in [-0.39, 0.29) is 5.91 Å². The van der Waals surface area contributed by atoms with E-state index in [0.717, 1.165) is 64.0 Å². The molecule has 4 heteroatoms. The molecule has 32 heavy (non-hydrogen) atoms. The largest absolute Gasteiger partial charge is 0.378 e. The smallest absolute Gasteiger partial charge is 0.253 e. The maximum Gasteiger partial charge on any atom is 0.253 e. The first-order valence-corrected chi connectivity index (χ1v) is 11.7. The summed E-state index contributed by atoms with van der Waals surface area (Å²) in [7, 11) is 0. The van der Waals surface area contributed by atoms with Crippen molar-refractivity contribution in [3.63, 3.8) is 0 Å². The summed E-state index contributed by atoms with van der Waals surface area (Å²) in [6, 6.07) is 17.8. The minimum atomic E-state index is -0.845. The van der Waals surface area contributed by atoms with E-state index in [1.165, 1.54) is 12.0 Å². The molecule has 0 unspecified atom stereocenters. The van der Waals surface area contributed by atoms with Gasteiger partial charge in [-0.05, 0) is 55.5 Å². The van der Waals surface area contributed by atoms with E-state index in [9.17, 15) is 9.90 Å². The molecule has 4 rings (SSSR count). The zero-order valence-electron chi connectivity index (χ0n) is 18.7. The van der Waals surface area contributed by atoms with E-state index in [1.54, 1.807) is 0 Å². The Morgan fingerprint density at radius 2 is 1.62 bits per heavy atom. The van der Waals surface area contributed by atoms with Crippen molar-refractivity contribution in [3.05, 3.63) is 77.4 Å². The number of piperazine rings is 1. The van der Waals surface area contributed by atoms with Crippen molar-refractivity contribution in [1.82, 2.24) is 9.80 Å². The van der Waals surface area contributed by atoms with Crippen molar-refractivity contribution in [2.45, 2.75) is 37.7 Å². The fourth-order valence-electron chi connectivity index (χ4n) is 4.36. The maximum atomic E-state index is 12.9. The van der Waals surface area contributed by atoms with E-state index in [0.29, 0.717) is 5.56 Å². The van der Waals surface area contributed by atoms with Crippen LogP contribution >= 0.6 is 0 Å². The van der Waals surface area contributed by atoms with Crippen LogP contribution in [0, 0.1) is 11.8 Å². The maximum absolute atomic E-state index is 12.9. The molecule has 0 atom stereocenters. The van der Waals surface area contributed by atoms with Crippen LogP contribution in [-0.4, -0.2) is 59.1 Å². The standard InChI is InChI=1S/C28H32N2O2/c31-27(26-13-11-25(12-14-26)15-18-28(32)16-5-2-6-17-28)30-22-20-29(21-23-30)19-7-10-24-8-3-1-4-9-24/h1,3-4,7-14,32H,2,5-6,16-17,19-23H2. The molecule has 0 radical (unpaired) electrons. The molecular formula is C28H32N2O2. The zero-order valence-corrected chi connectivity index (χ0v) is 18.7. The van der Waals surface area contributed by atoms with Crippen molar-refractivity contribution in [1.29, 1.82) is 0 Å². The minimum absolute atomic E-state index is 0.0786. The monoisotopic (exact) mass is 428 g/mol. The highest BCUT2D eigenvalue weighted by molar-refractivity contribution is 5.94. The molecule has 4 nitrogen and oxygen atoms in total. The van der Waals surface area contributed by atoms with Crippen LogP contribution < -0.4 is 0 Å². The first-order valence-electron chi connectivity index (χ1n) is 11.7. The Kier molecular flexibility index (Phi) is 7.42. The lowest BCUT2D eigenvalue weighted by Gasteiger charge is -2.34. The number of amides is 1. The predicted octanol–water partition coefficient (Wildman–Crippen LogP) is 4.20. The van der Waals surface area contributed by atoms with Gasteiger partial charge < -0.3 is 10.0 Å². The van der Waals surface area contributed by atoms with Crippen LogP contribution in [0.3, 0.4) is 0 Å². The van der Waals surface area contributed by atoms with Gasteiger partial charge >= 0.3 is 0 Å². The summed E-state index contributed by atoms with van der Waals surface area (Å²) in [6.07, 6.45) is 9.10.